The minimum Gasteiger partial charge on any atom is -0.319 e. The van der Waals surface area contributed by atoms with Crippen LogP contribution in [0.2, 0.25) is 0 Å². The molecule has 0 aliphatic rings. The van der Waals surface area contributed by atoms with Crippen LogP contribution in [0.25, 0.3) is 0 Å². The van der Waals surface area contributed by atoms with Crippen molar-refractivity contribution in [1.29, 1.82) is 0 Å². The molecule has 0 amide bonds. The van der Waals surface area contributed by atoms with E-state index < -0.39 is 26.2 Å². The molecular weight excluding hydrogens is 394 g/mol. The number of unbranched alkanes of at least 4 members (excludes halogenated alkanes) is 12. The Balaban J connectivity index is 3.28. The summed E-state index contributed by atoms with van der Waals surface area (Å²) < 4.78 is 21.3. The zero-order valence-electron chi connectivity index (χ0n) is 15.9. The maximum absolute atomic E-state index is 11.0. The average molecular weight is 428 g/mol. The van der Waals surface area contributed by atoms with Gasteiger partial charge in [0, 0.05) is 12.8 Å². The third kappa shape index (κ3) is 16.3. The van der Waals surface area contributed by atoms with Crippen LogP contribution in [0.4, 0.5) is 0 Å². The molecular formula is C17H34O8P2. The molecule has 0 atom stereocenters. The Labute approximate surface area is 161 Å². The molecule has 0 unspecified atom stereocenters. The molecule has 4 N–H and O–H groups in total. The lowest BCUT2D eigenvalue weighted by molar-refractivity contribution is -0.114. The Morgan fingerprint density at radius 1 is 0.444 bits per heavy atom. The van der Waals surface area contributed by atoms with Crippen molar-refractivity contribution in [3.63, 3.8) is 0 Å². The van der Waals surface area contributed by atoms with Gasteiger partial charge in [-0.05, 0) is 12.8 Å². The smallest absolute Gasteiger partial charge is 0.319 e. The molecule has 0 aromatic carbocycles. The van der Waals surface area contributed by atoms with Crippen LogP contribution in [0.3, 0.4) is 0 Å². The largest absolute Gasteiger partial charge is 0.391 e. The molecule has 0 spiro atoms. The fourth-order valence-corrected chi connectivity index (χ4v) is 3.69. The molecule has 0 rings (SSSR count). The van der Waals surface area contributed by atoms with Crippen LogP contribution in [0.1, 0.15) is 96.3 Å². The summed E-state index contributed by atoms with van der Waals surface area (Å²) in [6, 6.07) is 0. The highest BCUT2D eigenvalue weighted by Crippen LogP contribution is 2.38. The maximum Gasteiger partial charge on any atom is 0.391 e. The summed E-state index contributed by atoms with van der Waals surface area (Å²) >= 11 is 0. The van der Waals surface area contributed by atoms with Crippen molar-refractivity contribution in [2.24, 2.45) is 0 Å². The van der Waals surface area contributed by atoms with Crippen molar-refractivity contribution in [3.05, 3.63) is 0 Å². The Morgan fingerprint density at radius 2 is 0.630 bits per heavy atom. The zero-order valence-corrected chi connectivity index (χ0v) is 17.7. The van der Waals surface area contributed by atoms with E-state index in [0.717, 1.165) is 70.6 Å². The van der Waals surface area contributed by atoms with E-state index in [1.54, 1.807) is 0 Å². The average Bonchev–Trinajstić information content (AvgIpc) is 2.56. The quantitative estimate of drug-likeness (QED) is 0.187. The Bertz CT molecular complexity index is 477. The van der Waals surface area contributed by atoms with Gasteiger partial charge in [0.15, 0.2) is 0 Å². The highest BCUT2D eigenvalue weighted by Gasteiger charge is 2.24. The molecule has 160 valence electrons. The number of carbonyl (C=O) groups is 2. The minimum absolute atomic E-state index is 0.0439. The van der Waals surface area contributed by atoms with Gasteiger partial charge in [-0.15, -0.1) is 0 Å². The van der Waals surface area contributed by atoms with Gasteiger partial charge in [0.05, 0.1) is 0 Å². The van der Waals surface area contributed by atoms with Crippen molar-refractivity contribution in [1.82, 2.24) is 0 Å². The van der Waals surface area contributed by atoms with E-state index in [0.29, 0.717) is 12.8 Å². The molecule has 27 heavy (non-hydrogen) atoms. The van der Waals surface area contributed by atoms with Gasteiger partial charge in [0.25, 0.3) is 0 Å². The van der Waals surface area contributed by atoms with E-state index in [4.69, 9.17) is 19.6 Å². The molecule has 0 aromatic heterocycles. The lowest BCUT2D eigenvalue weighted by atomic mass is 10.0. The first-order chi connectivity index (χ1) is 12.5. The van der Waals surface area contributed by atoms with Gasteiger partial charge in [-0.2, -0.15) is 0 Å². The summed E-state index contributed by atoms with van der Waals surface area (Å²) in [4.78, 5) is 56.7. The number of carbonyl (C=O) groups excluding carboxylic acids is 2. The highest BCUT2D eigenvalue weighted by molar-refractivity contribution is 7.70. The van der Waals surface area contributed by atoms with E-state index >= 15 is 0 Å². The summed E-state index contributed by atoms with van der Waals surface area (Å²) in [6.45, 7) is 0. The molecule has 8 nitrogen and oxygen atoms in total. The van der Waals surface area contributed by atoms with Crippen LogP contribution in [0, 0.1) is 0 Å². The summed E-state index contributed by atoms with van der Waals surface area (Å²) in [5.74, 6) is 0. The Kier molecular flexibility index (Phi) is 14.4. The van der Waals surface area contributed by atoms with Crippen LogP contribution in [0.5, 0.6) is 0 Å². The van der Waals surface area contributed by atoms with Crippen molar-refractivity contribution in [3.8, 4) is 0 Å². The molecule has 10 heteroatoms. The van der Waals surface area contributed by atoms with Crippen molar-refractivity contribution < 1.29 is 38.3 Å². The van der Waals surface area contributed by atoms with Crippen LogP contribution in [-0.4, -0.2) is 30.6 Å². The van der Waals surface area contributed by atoms with Gasteiger partial charge in [-0.25, -0.2) is 0 Å². The lowest BCUT2D eigenvalue weighted by Crippen LogP contribution is -1.98. The van der Waals surface area contributed by atoms with Gasteiger partial charge in [-0.3, -0.25) is 18.7 Å². The third-order valence-corrected chi connectivity index (χ3v) is 6.18. The molecule has 0 heterocycles. The van der Waals surface area contributed by atoms with Crippen LogP contribution >= 0.6 is 15.2 Å². The zero-order chi connectivity index (χ0) is 20.8. The maximum atomic E-state index is 11.0. The molecule has 0 aromatic rings. The van der Waals surface area contributed by atoms with Crippen molar-refractivity contribution in [2.75, 3.05) is 0 Å². The predicted molar refractivity (Wildman–Crippen MR) is 103 cm³/mol. The predicted octanol–water partition coefficient (Wildman–Crippen LogP) is 4.25. The highest BCUT2D eigenvalue weighted by atomic mass is 31.2. The number of hydrogen-bond donors (Lipinski definition) is 4. The van der Waals surface area contributed by atoms with E-state index in [1.165, 1.54) is 0 Å². The van der Waals surface area contributed by atoms with Gasteiger partial charge < -0.3 is 19.6 Å². The van der Waals surface area contributed by atoms with Crippen LogP contribution < -0.4 is 0 Å². The van der Waals surface area contributed by atoms with Crippen LogP contribution in [-0.2, 0) is 18.7 Å². The first-order valence-electron chi connectivity index (χ1n) is 9.73. The van der Waals surface area contributed by atoms with E-state index in [2.05, 4.69) is 0 Å². The molecule has 0 radical (unpaired) electrons. The van der Waals surface area contributed by atoms with Gasteiger partial charge in [0.2, 0.25) is 11.0 Å². The van der Waals surface area contributed by atoms with E-state index in [9.17, 15) is 18.7 Å². The lowest BCUT2D eigenvalue weighted by Gasteiger charge is -2.04. The SMILES string of the molecule is O=C(CCCCCCCCCCCCCCCC(=O)P(=O)(O)O)P(=O)(O)O. The fraction of sp³-hybridized carbons (Fsp3) is 0.882. The molecule has 0 saturated heterocycles. The molecule has 0 saturated carbocycles. The first-order valence-corrected chi connectivity index (χ1v) is 13.0. The van der Waals surface area contributed by atoms with Crippen molar-refractivity contribution in [2.45, 2.75) is 96.3 Å². The number of rotatable bonds is 18. The molecule has 0 aliphatic carbocycles. The monoisotopic (exact) mass is 428 g/mol. The van der Waals surface area contributed by atoms with Gasteiger partial charge >= 0.3 is 15.2 Å². The van der Waals surface area contributed by atoms with Crippen LogP contribution in [0.15, 0.2) is 0 Å². The normalized spacial score (nSPS) is 12.3. The van der Waals surface area contributed by atoms with Gasteiger partial charge in [0.1, 0.15) is 0 Å². The second-order valence-electron chi connectivity index (χ2n) is 6.97. The fourth-order valence-electron chi connectivity index (χ4n) is 2.79. The Morgan fingerprint density at radius 3 is 0.815 bits per heavy atom. The van der Waals surface area contributed by atoms with Crippen molar-refractivity contribution >= 4 is 26.2 Å². The van der Waals surface area contributed by atoms with Gasteiger partial charge in [-0.1, -0.05) is 70.6 Å². The van der Waals surface area contributed by atoms with E-state index in [-0.39, 0.29) is 12.8 Å². The Hall–Kier alpha value is -0.360. The summed E-state index contributed by atoms with van der Waals surface area (Å²) in [5, 5.41) is 0. The van der Waals surface area contributed by atoms with E-state index in [1.807, 2.05) is 0 Å². The standard InChI is InChI=1S/C17H34O8P2/c18-16(26(20,21)22)14-12-10-8-6-4-2-1-3-5-7-9-11-13-15-17(19)27(23,24)25/h1-15H2,(H2,20,21,22)(H2,23,24,25). The summed E-state index contributed by atoms with van der Waals surface area (Å²) in [7, 11) is -9.08. The number of hydrogen-bond acceptors (Lipinski definition) is 4. The minimum atomic E-state index is -4.54. The molecule has 0 bridgehead atoms. The third-order valence-electron chi connectivity index (χ3n) is 4.43. The summed E-state index contributed by atoms with van der Waals surface area (Å²) in [5.41, 5.74) is -1.92. The topological polar surface area (TPSA) is 149 Å². The first kappa shape index (κ1) is 26.6. The molecule has 0 aliphatic heterocycles. The second kappa shape index (κ2) is 14.6. The summed E-state index contributed by atoms with van der Waals surface area (Å²) in [6.07, 6.45) is 12.4. The molecule has 0 fully saturated rings. The second-order valence-corrected chi connectivity index (χ2v) is 10.1.